The molecule has 0 rings (SSSR count). The van der Waals surface area contributed by atoms with Crippen molar-refractivity contribution in [1.29, 1.82) is 0 Å². The Morgan fingerprint density at radius 2 is 0.714 bits per heavy atom. The van der Waals surface area contributed by atoms with Crippen LogP contribution in [0, 0.1) is 0 Å². The second kappa shape index (κ2) is 36.9. The maximum absolute atomic E-state index is 10.0. The number of hydrogen-bond donors (Lipinski definition) is 5. The maximum Gasteiger partial charge on any atom is 0.303 e. The first-order valence-corrected chi connectivity index (χ1v) is 13.5. The Balaban J connectivity index is -0.000000188. The van der Waals surface area contributed by atoms with Gasteiger partial charge in [0.25, 0.3) is 0 Å². The minimum atomic E-state index is -0.670. The molecule has 0 saturated heterocycles. The molecule has 0 aromatic carbocycles. The molecule has 0 radical (unpaired) electrons. The minimum absolute atomic E-state index is 0.139. The van der Waals surface area contributed by atoms with Crippen LogP contribution in [0.2, 0.25) is 0 Å². The SMILES string of the molecule is CC(O)CO.CCCCCCCC(=O)O.CCCCCCCC(=O)O.CCCCCCCC(=O)O. The van der Waals surface area contributed by atoms with E-state index in [4.69, 9.17) is 25.5 Å². The van der Waals surface area contributed by atoms with E-state index in [1.807, 2.05) is 0 Å². The third-order valence-corrected chi connectivity index (χ3v) is 4.75. The zero-order valence-corrected chi connectivity index (χ0v) is 23.0. The fourth-order valence-electron chi connectivity index (χ4n) is 2.64. The van der Waals surface area contributed by atoms with Crippen LogP contribution in [0.15, 0.2) is 0 Å². The van der Waals surface area contributed by atoms with E-state index in [9.17, 15) is 14.4 Å². The van der Waals surface area contributed by atoms with Gasteiger partial charge in [0, 0.05) is 19.3 Å². The summed E-state index contributed by atoms with van der Waals surface area (Å²) < 4.78 is 0. The van der Waals surface area contributed by atoms with Crippen LogP contribution in [-0.4, -0.2) is 56.2 Å². The molecular weight excluding hydrogens is 452 g/mol. The molecule has 0 spiro atoms. The van der Waals surface area contributed by atoms with Crippen molar-refractivity contribution in [2.75, 3.05) is 6.61 Å². The zero-order valence-electron chi connectivity index (χ0n) is 23.0. The smallest absolute Gasteiger partial charge is 0.303 e. The Morgan fingerprint density at radius 1 is 0.514 bits per heavy atom. The molecular formula is C27H56O8. The van der Waals surface area contributed by atoms with Crippen molar-refractivity contribution in [2.24, 2.45) is 0 Å². The standard InChI is InChI=1S/3C8H16O2.C3H8O2/c3*1-2-3-4-5-6-7-8(9)10;1-3(5)2-4/h3*2-7H2,1H3,(H,9,10);3-5H,2H2,1H3. The molecule has 0 aliphatic heterocycles. The van der Waals surface area contributed by atoms with Crippen molar-refractivity contribution in [1.82, 2.24) is 0 Å². The Morgan fingerprint density at radius 3 is 0.857 bits per heavy atom. The molecule has 8 heteroatoms. The molecule has 0 amide bonds. The van der Waals surface area contributed by atoms with Crippen LogP contribution in [0.3, 0.4) is 0 Å². The lowest BCUT2D eigenvalue weighted by molar-refractivity contribution is -0.138. The Kier molecular flexibility index (Phi) is 42.7. The second-order valence-electron chi connectivity index (χ2n) is 8.71. The minimum Gasteiger partial charge on any atom is -0.481 e. The highest BCUT2D eigenvalue weighted by Crippen LogP contribution is 2.05. The molecule has 0 fully saturated rings. The third kappa shape index (κ3) is 65.4. The monoisotopic (exact) mass is 508 g/mol. The number of hydrogen-bond acceptors (Lipinski definition) is 5. The van der Waals surface area contributed by atoms with Gasteiger partial charge in [0.1, 0.15) is 0 Å². The van der Waals surface area contributed by atoms with E-state index < -0.39 is 24.0 Å². The average molecular weight is 509 g/mol. The number of aliphatic hydroxyl groups excluding tert-OH is 2. The highest BCUT2D eigenvalue weighted by atomic mass is 16.4. The number of rotatable bonds is 19. The molecule has 0 aromatic rings. The highest BCUT2D eigenvalue weighted by molar-refractivity contribution is 5.67. The van der Waals surface area contributed by atoms with E-state index in [1.54, 1.807) is 0 Å². The largest absolute Gasteiger partial charge is 0.481 e. The number of aliphatic hydroxyl groups is 2. The van der Waals surface area contributed by atoms with Gasteiger partial charge in [-0.25, -0.2) is 0 Å². The van der Waals surface area contributed by atoms with Crippen LogP contribution >= 0.6 is 0 Å². The predicted octanol–water partition coefficient (Wildman–Crippen LogP) is 6.65. The van der Waals surface area contributed by atoms with E-state index in [0.717, 1.165) is 38.5 Å². The number of carboxylic acids is 3. The molecule has 0 saturated carbocycles. The van der Waals surface area contributed by atoms with E-state index >= 15 is 0 Å². The summed E-state index contributed by atoms with van der Waals surface area (Å²) in [6, 6.07) is 0. The summed E-state index contributed by atoms with van der Waals surface area (Å²) in [6.45, 7) is 7.84. The van der Waals surface area contributed by atoms with Gasteiger partial charge >= 0.3 is 17.9 Å². The van der Waals surface area contributed by atoms with E-state index in [1.165, 1.54) is 64.7 Å². The molecule has 0 aromatic heterocycles. The topological polar surface area (TPSA) is 152 Å². The van der Waals surface area contributed by atoms with Crippen molar-refractivity contribution in [3.63, 3.8) is 0 Å². The van der Waals surface area contributed by atoms with Gasteiger partial charge in [-0.05, 0) is 26.2 Å². The van der Waals surface area contributed by atoms with Crippen molar-refractivity contribution >= 4 is 17.9 Å². The second-order valence-corrected chi connectivity index (χ2v) is 8.71. The van der Waals surface area contributed by atoms with Crippen LogP contribution < -0.4 is 0 Å². The zero-order chi connectivity index (χ0) is 27.7. The first kappa shape index (κ1) is 40.5. The van der Waals surface area contributed by atoms with Crippen LogP contribution in [0.5, 0.6) is 0 Å². The van der Waals surface area contributed by atoms with Crippen LogP contribution in [-0.2, 0) is 14.4 Å². The summed E-state index contributed by atoms with van der Waals surface area (Å²) in [5, 5.41) is 40.8. The summed E-state index contributed by atoms with van der Waals surface area (Å²) in [5.41, 5.74) is 0. The lowest BCUT2D eigenvalue weighted by Gasteiger charge is -1.95. The first-order valence-electron chi connectivity index (χ1n) is 13.5. The van der Waals surface area contributed by atoms with Gasteiger partial charge < -0.3 is 25.5 Å². The van der Waals surface area contributed by atoms with Gasteiger partial charge in [-0.3, -0.25) is 14.4 Å². The summed E-state index contributed by atoms with van der Waals surface area (Å²) >= 11 is 0. The summed E-state index contributed by atoms with van der Waals surface area (Å²) in [7, 11) is 0. The number of unbranched alkanes of at least 4 members (excludes halogenated alkanes) is 12. The molecule has 1 atom stereocenters. The van der Waals surface area contributed by atoms with Gasteiger partial charge in [0.2, 0.25) is 0 Å². The fourth-order valence-corrected chi connectivity index (χ4v) is 2.64. The Labute approximate surface area is 214 Å². The van der Waals surface area contributed by atoms with Gasteiger partial charge in [0.05, 0.1) is 12.7 Å². The number of aliphatic carboxylic acids is 3. The van der Waals surface area contributed by atoms with Gasteiger partial charge in [-0.1, -0.05) is 97.8 Å². The molecule has 35 heavy (non-hydrogen) atoms. The molecule has 0 heterocycles. The summed E-state index contributed by atoms with van der Waals surface area (Å²) in [5.74, 6) is -2.01. The van der Waals surface area contributed by atoms with E-state index in [2.05, 4.69) is 20.8 Å². The van der Waals surface area contributed by atoms with Crippen molar-refractivity contribution < 1.29 is 39.9 Å². The number of carbonyl (C=O) groups is 3. The van der Waals surface area contributed by atoms with Crippen molar-refractivity contribution in [3.05, 3.63) is 0 Å². The molecule has 0 aliphatic rings. The fraction of sp³-hybridized carbons (Fsp3) is 0.889. The van der Waals surface area contributed by atoms with Crippen LogP contribution in [0.4, 0.5) is 0 Å². The van der Waals surface area contributed by atoms with E-state index in [-0.39, 0.29) is 6.61 Å². The lowest BCUT2D eigenvalue weighted by Crippen LogP contribution is -2.03. The Bertz CT molecular complexity index is 382. The molecule has 0 aliphatic carbocycles. The van der Waals surface area contributed by atoms with Crippen LogP contribution in [0.1, 0.15) is 143 Å². The predicted molar refractivity (Wildman–Crippen MR) is 142 cm³/mol. The van der Waals surface area contributed by atoms with Gasteiger partial charge in [-0.15, -0.1) is 0 Å². The lowest BCUT2D eigenvalue weighted by atomic mass is 10.1. The molecule has 0 bridgehead atoms. The highest BCUT2D eigenvalue weighted by Gasteiger charge is 1.96. The molecule has 1 unspecified atom stereocenters. The van der Waals surface area contributed by atoms with Crippen molar-refractivity contribution in [3.8, 4) is 0 Å². The van der Waals surface area contributed by atoms with E-state index in [0.29, 0.717) is 19.3 Å². The van der Waals surface area contributed by atoms with Gasteiger partial charge in [-0.2, -0.15) is 0 Å². The Hall–Kier alpha value is -1.67. The maximum atomic E-state index is 10.0. The summed E-state index contributed by atoms with van der Waals surface area (Å²) in [4.78, 5) is 30.1. The quantitative estimate of drug-likeness (QED) is 0.121. The average Bonchev–Trinajstić information content (AvgIpc) is 2.79. The number of carboxylic acid groups (broad SMARTS) is 3. The molecule has 212 valence electrons. The molecule has 8 nitrogen and oxygen atoms in total. The van der Waals surface area contributed by atoms with Crippen molar-refractivity contribution in [2.45, 2.75) is 149 Å². The third-order valence-electron chi connectivity index (χ3n) is 4.75. The van der Waals surface area contributed by atoms with Crippen LogP contribution in [0.25, 0.3) is 0 Å². The first-order chi connectivity index (χ1) is 16.6. The summed E-state index contributed by atoms with van der Waals surface area (Å²) in [6.07, 6.45) is 17.1. The molecule has 5 N–H and O–H groups in total. The van der Waals surface area contributed by atoms with Gasteiger partial charge in [0.15, 0.2) is 0 Å². The normalized spacial score (nSPS) is 10.5.